The lowest BCUT2D eigenvalue weighted by atomic mass is 10.1. The zero-order valence-corrected chi connectivity index (χ0v) is 20.8. The zero-order valence-electron chi connectivity index (χ0n) is 18.4. The number of para-hydroxylation sites is 1. The van der Waals surface area contributed by atoms with Gasteiger partial charge >= 0.3 is 5.97 Å². The van der Waals surface area contributed by atoms with Crippen LogP contribution in [0.5, 0.6) is 0 Å². The first-order valence-corrected chi connectivity index (χ1v) is 13.0. The SMILES string of the molecule is CSCC[C@@H](C(=O)O)N(c1nc2c3cccc(Br)c3nc(N)n2n1)N1CCc2cccnc2C1. The van der Waals surface area contributed by atoms with Crippen LogP contribution in [0.2, 0.25) is 0 Å². The van der Waals surface area contributed by atoms with Crippen molar-refractivity contribution in [1.29, 1.82) is 0 Å². The molecule has 0 bridgehead atoms. The summed E-state index contributed by atoms with van der Waals surface area (Å²) in [5.74, 6) is 0.199. The van der Waals surface area contributed by atoms with Crippen molar-refractivity contribution in [1.82, 2.24) is 29.6 Å². The number of aromatic nitrogens is 5. The number of carboxylic acids is 1. The fraction of sp³-hybridized carbons (Fsp3) is 0.318. The number of fused-ring (bicyclic) bond motifs is 4. The van der Waals surface area contributed by atoms with E-state index in [9.17, 15) is 9.90 Å². The van der Waals surface area contributed by atoms with Crippen molar-refractivity contribution in [2.24, 2.45) is 0 Å². The number of rotatable bonds is 7. The molecule has 34 heavy (non-hydrogen) atoms. The van der Waals surface area contributed by atoms with E-state index in [2.05, 4.69) is 37.1 Å². The normalized spacial score (nSPS) is 14.9. The topological polar surface area (TPSA) is 126 Å². The summed E-state index contributed by atoms with van der Waals surface area (Å²) >= 11 is 5.12. The number of pyridine rings is 1. The van der Waals surface area contributed by atoms with Crippen LogP contribution in [0.25, 0.3) is 16.6 Å². The molecular weight excluding hydrogens is 520 g/mol. The number of nitrogen functional groups attached to an aromatic ring is 1. The Morgan fingerprint density at radius 1 is 1.32 bits per heavy atom. The quantitative estimate of drug-likeness (QED) is 0.359. The van der Waals surface area contributed by atoms with E-state index in [0.29, 0.717) is 36.4 Å². The lowest BCUT2D eigenvalue weighted by Gasteiger charge is -2.40. The van der Waals surface area contributed by atoms with E-state index in [-0.39, 0.29) is 11.9 Å². The average Bonchev–Trinajstić information content (AvgIpc) is 3.28. The molecule has 0 aliphatic carbocycles. The van der Waals surface area contributed by atoms with Crippen LogP contribution in [0.4, 0.5) is 11.9 Å². The van der Waals surface area contributed by atoms with Gasteiger partial charge < -0.3 is 10.8 Å². The molecule has 1 aromatic carbocycles. The summed E-state index contributed by atoms with van der Waals surface area (Å²) in [6, 6.07) is 8.81. The summed E-state index contributed by atoms with van der Waals surface area (Å²) in [4.78, 5) is 26.2. The van der Waals surface area contributed by atoms with E-state index in [4.69, 9.17) is 10.7 Å². The first-order chi connectivity index (χ1) is 16.5. The molecule has 0 amide bonds. The third-order valence-electron chi connectivity index (χ3n) is 5.91. The number of aliphatic carboxylic acids is 1. The third-order valence-corrected chi connectivity index (χ3v) is 7.19. The summed E-state index contributed by atoms with van der Waals surface area (Å²) in [6.07, 6.45) is 4.90. The number of halogens is 1. The van der Waals surface area contributed by atoms with E-state index in [1.807, 2.05) is 35.5 Å². The second kappa shape index (κ2) is 9.35. The Hall–Kier alpha value is -2.96. The van der Waals surface area contributed by atoms with Crippen LogP contribution < -0.4 is 10.7 Å². The van der Waals surface area contributed by atoms with Crippen LogP contribution >= 0.6 is 27.7 Å². The van der Waals surface area contributed by atoms with Gasteiger partial charge in [0.1, 0.15) is 6.04 Å². The van der Waals surface area contributed by atoms with Gasteiger partial charge in [-0.05, 0) is 64.5 Å². The smallest absolute Gasteiger partial charge is 0.328 e. The number of hydrazine groups is 1. The monoisotopic (exact) mass is 542 g/mol. The Kier molecular flexibility index (Phi) is 6.28. The number of carboxylic acid groups (broad SMARTS) is 1. The Labute approximate surface area is 208 Å². The Balaban J connectivity index is 1.65. The zero-order chi connectivity index (χ0) is 23.8. The summed E-state index contributed by atoms with van der Waals surface area (Å²) in [7, 11) is 0. The lowest BCUT2D eigenvalue weighted by molar-refractivity contribution is -0.139. The van der Waals surface area contributed by atoms with Gasteiger partial charge in [-0.15, -0.1) is 5.10 Å². The predicted octanol–water partition coefficient (Wildman–Crippen LogP) is 3.00. The number of anilines is 2. The van der Waals surface area contributed by atoms with Gasteiger partial charge in [0.05, 0.1) is 17.8 Å². The molecule has 1 atom stereocenters. The summed E-state index contributed by atoms with van der Waals surface area (Å²) in [6.45, 7) is 1.09. The summed E-state index contributed by atoms with van der Waals surface area (Å²) in [5, 5.41) is 19.3. The third kappa shape index (κ3) is 4.05. The Morgan fingerprint density at radius 2 is 2.18 bits per heavy atom. The number of nitrogens with two attached hydrogens (primary N) is 1. The van der Waals surface area contributed by atoms with Crippen LogP contribution in [0.3, 0.4) is 0 Å². The molecule has 12 heteroatoms. The molecule has 4 heterocycles. The lowest BCUT2D eigenvalue weighted by Crippen LogP contribution is -2.54. The van der Waals surface area contributed by atoms with Gasteiger partial charge in [0, 0.05) is 22.6 Å². The van der Waals surface area contributed by atoms with Crippen molar-refractivity contribution < 1.29 is 9.90 Å². The maximum Gasteiger partial charge on any atom is 0.328 e. The molecule has 0 spiro atoms. The minimum Gasteiger partial charge on any atom is -0.480 e. The van der Waals surface area contributed by atoms with Gasteiger partial charge in [-0.2, -0.15) is 21.3 Å². The molecule has 4 aromatic rings. The second-order valence-electron chi connectivity index (χ2n) is 7.98. The fourth-order valence-electron chi connectivity index (χ4n) is 4.27. The van der Waals surface area contributed by atoms with Crippen molar-refractivity contribution in [3.63, 3.8) is 0 Å². The van der Waals surface area contributed by atoms with Gasteiger partial charge in [0.15, 0.2) is 5.65 Å². The second-order valence-corrected chi connectivity index (χ2v) is 9.82. The van der Waals surface area contributed by atoms with Crippen molar-refractivity contribution >= 4 is 62.1 Å². The van der Waals surface area contributed by atoms with E-state index in [1.54, 1.807) is 23.0 Å². The minimum absolute atomic E-state index is 0.176. The first kappa shape index (κ1) is 22.8. The maximum atomic E-state index is 12.4. The molecule has 0 saturated carbocycles. The van der Waals surface area contributed by atoms with Crippen molar-refractivity contribution in [2.45, 2.75) is 25.4 Å². The van der Waals surface area contributed by atoms with E-state index in [0.717, 1.165) is 22.0 Å². The van der Waals surface area contributed by atoms with Gasteiger partial charge in [-0.25, -0.2) is 14.8 Å². The minimum atomic E-state index is -0.932. The van der Waals surface area contributed by atoms with E-state index in [1.165, 1.54) is 10.1 Å². The molecule has 1 aliphatic rings. The molecule has 0 unspecified atom stereocenters. The van der Waals surface area contributed by atoms with Crippen LogP contribution in [0.15, 0.2) is 41.0 Å². The largest absolute Gasteiger partial charge is 0.480 e. The van der Waals surface area contributed by atoms with Crippen LogP contribution in [-0.4, -0.2) is 65.2 Å². The highest BCUT2D eigenvalue weighted by molar-refractivity contribution is 9.10. The molecule has 0 fully saturated rings. The molecule has 10 nitrogen and oxygen atoms in total. The molecule has 5 rings (SSSR count). The average molecular weight is 543 g/mol. The number of thioether (sulfide) groups is 1. The Bertz CT molecular complexity index is 1380. The first-order valence-electron chi connectivity index (χ1n) is 10.8. The van der Waals surface area contributed by atoms with Gasteiger partial charge in [-0.1, -0.05) is 12.1 Å². The molecule has 0 saturated heterocycles. The number of benzene rings is 1. The van der Waals surface area contributed by atoms with Crippen LogP contribution in [-0.2, 0) is 17.8 Å². The maximum absolute atomic E-state index is 12.4. The molecule has 0 radical (unpaired) electrons. The van der Waals surface area contributed by atoms with Crippen LogP contribution in [0, 0.1) is 0 Å². The highest BCUT2D eigenvalue weighted by Gasteiger charge is 2.35. The van der Waals surface area contributed by atoms with Crippen molar-refractivity contribution in [3.05, 3.63) is 52.3 Å². The highest BCUT2D eigenvalue weighted by Crippen LogP contribution is 2.30. The van der Waals surface area contributed by atoms with Gasteiger partial charge in [0.2, 0.25) is 5.95 Å². The number of nitrogens with zero attached hydrogens (tertiary/aromatic N) is 7. The Morgan fingerprint density at radius 3 is 2.97 bits per heavy atom. The van der Waals surface area contributed by atoms with E-state index < -0.39 is 12.0 Å². The summed E-state index contributed by atoms with van der Waals surface area (Å²) < 4.78 is 2.27. The molecule has 176 valence electrons. The summed E-state index contributed by atoms with van der Waals surface area (Å²) in [5.41, 5.74) is 9.51. The van der Waals surface area contributed by atoms with Gasteiger partial charge in [-0.3, -0.25) is 9.99 Å². The van der Waals surface area contributed by atoms with Crippen LogP contribution in [0.1, 0.15) is 17.7 Å². The molecule has 3 N–H and O–H groups in total. The van der Waals surface area contributed by atoms with Crippen molar-refractivity contribution in [3.8, 4) is 0 Å². The number of carbonyl (C=O) groups is 1. The predicted molar refractivity (Wildman–Crippen MR) is 136 cm³/mol. The number of hydrogen-bond acceptors (Lipinski definition) is 9. The van der Waals surface area contributed by atoms with Gasteiger partial charge in [0.25, 0.3) is 5.95 Å². The number of hydrogen-bond donors (Lipinski definition) is 2. The fourth-order valence-corrected chi connectivity index (χ4v) is 5.19. The van der Waals surface area contributed by atoms with E-state index >= 15 is 0 Å². The molecular formula is C22H23BrN8O2S. The van der Waals surface area contributed by atoms with Crippen molar-refractivity contribution in [2.75, 3.05) is 29.3 Å². The molecule has 1 aliphatic heterocycles. The highest BCUT2D eigenvalue weighted by atomic mass is 79.9. The molecule has 3 aromatic heterocycles. The standard InChI is InChI=1S/C22H23BrN8O2S/c1-34-11-8-17(20(32)33)31(29-10-7-13-4-3-9-25-16(13)12-29)22-27-19-14-5-2-6-15(23)18(14)26-21(24)30(19)28-22/h2-6,9,17H,7-8,10-12H2,1H3,(H2,24,26)(H,32,33)/t17-/m0/s1.